The predicted octanol–water partition coefficient (Wildman–Crippen LogP) is 5.94. The Morgan fingerprint density at radius 3 is 2.52 bits per heavy atom. The van der Waals surface area contributed by atoms with E-state index in [4.69, 9.17) is 0 Å². The number of fused-ring (bicyclic) bond motifs is 3. The average molecular weight is 448 g/mol. The van der Waals surface area contributed by atoms with E-state index in [-0.39, 0.29) is 5.41 Å². The normalized spacial score (nSPS) is 53.0. The third kappa shape index (κ3) is 2.63. The van der Waals surface area contributed by atoms with Crippen LogP contribution >= 0.6 is 31.9 Å². The Balaban J connectivity index is 2.09. The molecule has 0 aliphatic heterocycles. The highest BCUT2D eigenvalue weighted by Gasteiger charge is 2.63. The van der Waals surface area contributed by atoms with Crippen LogP contribution < -0.4 is 0 Å². The van der Waals surface area contributed by atoms with E-state index in [0.717, 1.165) is 24.6 Å². The van der Waals surface area contributed by atoms with E-state index in [1.807, 2.05) is 0 Å². The molecule has 1 nitrogen and oxygen atoms in total. The van der Waals surface area contributed by atoms with Crippen LogP contribution in [0.4, 0.5) is 0 Å². The van der Waals surface area contributed by atoms with E-state index in [1.54, 1.807) is 0 Å². The van der Waals surface area contributed by atoms with Crippen LogP contribution in [0.1, 0.15) is 59.8 Å². The summed E-state index contributed by atoms with van der Waals surface area (Å²) in [6, 6.07) is 0. The van der Waals surface area contributed by atoms with Crippen molar-refractivity contribution in [2.75, 3.05) is 5.33 Å². The van der Waals surface area contributed by atoms with E-state index in [1.165, 1.54) is 12.8 Å². The summed E-state index contributed by atoms with van der Waals surface area (Å²) in [5.74, 6) is 2.24. The lowest BCUT2D eigenvalue weighted by Crippen LogP contribution is -2.64. The lowest BCUT2D eigenvalue weighted by atomic mass is 9.42. The zero-order chi connectivity index (χ0) is 17.0. The van der Waals surface area contributed by atoms with Crippen LogP contribution in [0, 0.1) is 34.5 Å². The van der Waals surface area contributed by atoms with Crippen molar-refractivity contribution in [1.82, 2.24) is 0 Å². The number of rotatable bonds is 2. The van der Waals surface area contributed by atoms with Crippen molar-refractivity contribution in [2.24, 2.45) is 34.5 Å². The van der Waals surface area contributed by atoms with Crippen LogP contribution in [0.5, 0.6) is 0 Å². The first-order valence-corrected chi connectivity index (χ1v) is 11.3. The van der Waals surface area contributed by atoms with E-state index >= 15 is 0 Å². The van der Waals surface area contributed by atoms with Crippen LogP contribution in [-0.2, 0) is 0 Å². The molecule has 3 heteroatoms. The molecular formula is C20H32Br2O. The fraction of sp³-hybridized carbons (Fsp3) is 0.900. The molecule has 132 valence electrons. The third-order valence-electron chi connectivity index (χ3n) is 7.63. The summed E-state index contributed by atoms with van der Waals surface area (Å²) in [6.07, 6.45) is 10.5. The minimum Gasteiger partial charge on any atom is -0.390 e. The van der Waals surface area contributed by atoms with Crippen molar-refractivity contribution in [3.63, 3.8) is 0 Å². The van der Waals surface area contributed by atoms with E-state index in [9.17, 15) is 5.11 Å². The maximum absolute atomic E-state index is 11.4. The van der Waals surface area contributed by atoms with Crippen molar-refractivity contribution in [3.8, 4) is 0 Å². The molecule has 3 aliphatic carbocycles. The highest BCUT2D eigenvalue weighted by Crippen LogP contribution is 2.67. The first-order chi connectivity index (χ1) is 10.7. The molecule has 0 heterocycles. The molecule has 0 saturated heterocycles. The lowest BCUT2D eigenvalue weighted by molar-refractivity contribution is -0.179. The van der Waals surface area contributed by atoms with Crippen molar-refractivity contribution in [3.05, 3.63) is 12.2 Å². The minimum absolute atomic E-state index is 0.213. The highest BCUT2D eigenvalue weighted by molar-refractivity contribution is 9.09. The monoisotopic (exact) mass is 446 g/mol. The van der Waals surface area contributed by atoms with Crippen LogP contribution in [0.15, 0.2) is 12.2 Å². The molecule has 1 N–H and O–H groups in total. The quantitative estimate of drug-likeness (QED) is 0.410. The molecule has 2 saturated carbocycles. The van der Waals surface area contributed by atoms with Gasteiger partial charge >= 0.3 is 0 Å². The second-order valence-corrected chi connectivity index (χ2v) is 10.9. The first-order valence-electron chi connectivity index (χ1n) is 9.28. The van der Waals surface area contributed by atoms with Crippen LogP contribution in [-0.4, -0.2) is 20.9 Å². The Bertz CT molecular complexity index is 486. The van der Waals surface area contributed by atoms with E-state index < -0.39 is 5.60 Å². The van der Waals surface area contributed by atoms with Crippen LogP contribution in [0.3, 0.4) is 0 Å². The second kappa shape index (κ2) is 6.13. The van der Waals surface area contributed by atoms with Gasteiger partial charge in [0.1, 0.15) is 0 Å². The van der Waals surface area contributed by atoms with Gasteiger partial charge in [-0.25, -0.2) is 0 Å². The van der Waals surface area contributed by atoms with Gasteiger partial charge in [0.05, 0.1) is 5.60 Å². The number of hydrogen-bond donors (Lipinski definition) is 1. The maximum Gasteiger partial charge on any atom is 0.0656 e. The molecule has 0 aromatic heterocycles. The number of aliphatic hydroxyl groups is 1. The number of alkyl halides is 2. The summed E-state index contributed by atoms with van der Waals surface area (Å²) in [5.41, 5.74) is -0.0177. The summed E-state index contributed by atoms with van der Waals surface area (Å²) in [5, 5.41) is 12.4. The van der Waals surface area contributed by atoms with Gasteiger partial charge in [0, 0.05) is 10.2 Å². The van der Waals surface area contributed by atoms with Crippen molar-refractivity contribution >= 4 is 31.9 Å². The Morgan fingerprint density at radius 2 is 1.91 bits per heavy atom. The third-order valence-corrected chi connectivity index (χ3v) is 10.2. The van der Waals surface area contributed by atoms with Gasteiger partial charge in [-0.05, 0) is 73.5 Å². The first kappa shape index (κ1) is 18.5. The molecule has 0 amide bonds. The lowest BCUT2D eigenvalue weighted by Gasteiger charge is -2.65. The van der Waals surface area contributed by atoms with E-state index in [2.05, 4.69) is 71.7 Å². The van der Waals surface area contributed by atoms with Gasteiger partial charge in [-0.15, -0.1) is 0 Å². The van der Waals surface area contributed by atoms with Crippen molar-refractivity contribution in [2.45, 2.75) is 70.2 Å². The standard InChI is InChI=1S/C20H32Br2O/c1-13(2)14-6-5-7-15-17-18(3,10-11-20(14,15)12-21)16(22)8-9-19(17,4)23/h5-6,13-17,23H,7-12H2,1-4H3. The number of halogens is 2. The number of allylic oxidation sites excluding steroid dienone is 2. The summed E-state index contributed by atoms with van der Waals surface area (Å²) >= 11 is 7.91. The molecule has 0 radical (unpaired) electrons. The number of hydrogen-bond acceptors (Lipinski definition) is 1. The molecule has 0 bridgehead atoms. The van der Waals surface area contributed by atoms with Gasteiger partial charge in [-0.3, -0.25) is 0 Å². The van der Waals surface area contributed by atoms with Crippen molar-refractivity contribution in [1.29, 1.82) is 0 Å². The topological polar surface area (TPSA) is 20.2 Å². The summed E-state index contributed by atoms with van der Waals surface area (Å²) < 4.78 is 0. The van der Waals surface area contributed by atoms with Crippen LogP contribution in [0.25, 0.3) is 0 Å². The summed E-state index contributed by atoms with van der Waals surface area (Å²) in [4.78, 5) is 0.539. The minimum atomic E-state index is -0.537. The van der Waals surface area contributed by atoms with Crippen molar-refractivity contribution < 1.29 is 5.11 Å². The molecule has 2 fully saturated rings. The Morgan fingerprint density at radius 1 is 1.22 bits per heavy atom. The maximum atomic E-state index is 11.4. The van der Waals surface area contributed by atoms with E-state index in [0.29, 0.717) is 33.9 Å². The Hall–Kier alpha value is 0.660. The molecule has 0 aromatic carbocycles. The molecule has 0 spiro atoms. The van der Waals surface area contributed by atoms with Gasteiger partial charge in [-0.1, -0.05) is 64.8 Å². The van der Waals surface area contributed by atoms with Gasteiger partial charge < -0.3 is 5.11 Å². The summed E-state index contributed by atoms with van der Waals surface area (Å²) in [7, 11) is 0. The largest absolute Gasteiger partial charge is 0.390 e. The predicted molar refractivity (Wildman–Crippen MR) is 105 cm³/mol. The molecule has 23 heavy (non-hydrogen) atoms. The molecule has 3 rings (SSSR count). The molecule has 3 aliphatic rings. The van der Waals surface area contributed by atoms with Gasteiger partial charge in [0.2, 0.25) is 0 Å². The van der Waals surface area contributed by atoms with Crippen LogP contribution in [0.2, 0.25) is 0 Å². The fourth-order valence-corrected chi connectivity index (χ4v) is 8.34. The molecule has 0 aromatic rings. The smallest absolute Gasteiger partial charge is 0.0656 e. The highest BCUT2D eigenvalue weighted by atomic mass is 79.9. The average Bonchev–Trinajstić information content (AvgIpc) is 2.50. The molecule has 7 atom stereocenters. The summed E-state index contributed by atoms with van der Waals surface area (Å²) in [6.45, 7) is 9.27. The van der Waals surface area contributed by atoms with Gasteiger partial charge in [0.25, 0.3) is 0 Å². The Kier molecular flexibility index (Phi) is 4.91. The second-order valence-electron chi connectivity index (χ2n) is 9.25. The SMILES string of the molecule is CC(C)C1C=CCC2C3C(C)(O)CCC(Br)C3(C)CCC12CBr. The Labute approximate surface area is 158 Å². The van der Waals surface area contributed by atoms with Gasteiger partial charge in [0.15, 0.2) is 0 Å². The zero-order valence-electron chi connectivity index (χ0n) is 15.0. The zero-order valence-corrected chi connectivity index (χ0v) is 18.2. The molecular weight excluding hydrogens is 416 g/mol. The van der Waals surface area contributed by atoms with Gasteiger partial charge in [-0.2, -0.15) is 0 Å². The molecule has 7 unspecified atom stereocenters. The fourth-order valence-electron chi connectivity index (χ4n) is 6.52.